The molecule has 1 atom stereocenters. The van der Waals surface area contributed by atoms with Crippen LogP contribution in [0.4, 0.5) is 17.6 Å². The summed E-state index contributed by atoms with van der Waals surface area (Å²) < 4.78 is 48.8. The highest BCUT2D eigenvalue weighted by atomic mass is 35.5. The summed E-state index contributed by atoms with van der Waals surface area (Å²) in [6, 6.07) is 2.62. The van der Waals surface area contributed by atoms with Crippen molar-refractivity contribution in [2.75, 3.05) is 0 Å². The Balaban J connectivity index is 3.12. The predicted molar refractivity (Wildman–Crippen MR) is 42.4 cm³/mol. The third-order valence-electron chi connectivity index (χ3n) is 1.56. The first-order valence-electron chi connectivity index (χ1n) is 3.52. The molecule has 0 bridgehead atoms. The molecule has 0 saturated heterocycles. The standard InChI is InChI=1S/C8H5ClF4O/c9-4-1-2-6(10)5(3-4)7(14)8(11,12)13/h1-3,7,14H/t7-/m0/s1. The van der Waals surface area contributed by atoms with Crippen LogP contribution < -0.4 is 0 Å². The molecule has 0 spiro atoms. The average Bonchev–Trinajstić information content (AvgIpc) is 2.06. The van der Waals surface area contributed by atoms with Crippen LogP contribution in [0, 0.1) is 5.82 Å². The molecule has 78 valence electrons. The summed E-state index contributed by atoms with van der Waals surface area (Å²) in [6.07, 6.45) is -7.74. The van der Waals surface area contributed by atoms with E-state index in [1.165, 1.54) is 0 Å². The van der Waals surface area contributed by atoms with Crippen LogP contribution in [0.25, 0.3) is 0 Å². The molecule has 1 nitrogen and oxygen atoms in total. The second-order valence-electron chi connectivity index (χ2n) is 2.61. The number of alkyl halides is 3. The Morgan fingerprint density at radius 3 is 2.36 bits per heavy atom. The number of aliphatic hydroxyl groups excluding tert-OH is 1. The summed E-state index contributed by atoms with van der Waals surface area (Å²) in [4.78, 5) is 0. The lowest BCUT2D eigenvalue weighted by Gasteiger charge is -2.15. The lowest BCUT2D eigenvalue weighted by Crippen LogP contribution is -2.21. The second-order valence-corrected chi connectivity index (χ2v) is 3.05. The van der Waals surface area contributed by atoms with Crippen LogP contribution in [0.5, 0.6) is 0 Å². The Kier molecular flexibility index (Phi) is 3.01. The Labute approximate surface area is 81.9 Å². The van der Waals surface area contributed by atoms with E-state index in [9.17, 15) is 17.6 Å². The molecule has 0 aliphatic rings. The van der Waals surface area contributed by atoms with Gasteiger partial charge in [0, 0.05) is 10.6 Å². The minimum absolute atomic E-state index is 0.0651. The quantitative estimate of drug-likeness (QED) is 0.733. The fourth-order valence-electron chi connectivity index (χ4n) is 0.900. The number of aliphatic hydroxyl groups is 1. The van der Waals surface area contributed by atoms with E-state index in [1.54, 1.807) is 0 Å². The van der Waals surface area contributed by atoms with Crippen molar-refractivity contribution >= 4 is 11.6 Å². The van der Waals surface area contributed by atoms with Gasteiger partial charge in [-0.05, 0) is 18.2 Å². The van der Waals surface area contributed by atoms with Crippen molar-refractivity contribution in [1.29, 1.82) is 0 Å². The van der Waals surface area contributed by atoms with Crippen molar-refractivity contribution in [2.24, 2.45) is 0 Å². The van der Waals surface area contributed by atoms with E-state index in [4.69, 9.17) is 16.7 Å². The Hall–Kier alpha value is -0.810. The number of hydrogen-bond acceptors (Lipinski definition) is 1. The highest BCUT2D eigenvalue weighted by molar-refractivity contribution is 6.30. The second kappa shape index (κ2) is 3.74. The van der Waals surface area contributed by atoms with Crippen molar-refractivity contribution in [3.63, 3.8) is 0 Å². The smallest absolute Gasteiger partial charge is 0.379 e. The Morgan fingerprint density at radius 1 is 1.29 bits per heavy atom. The molecular formula is C8H5ClF4O. The number of benzene rings is 1. The van der Waals surface area contributed by atoms with E-state index in [0.29, 0.717) is 0 Å². The molecule has 6 heteroatoms. The van der Waals surface area contributed by atoms with E-state index >= 15 is 0 Å². The van der Waals surface area contributed by atoms with Gasteiger partial charge in [-0.2, -0.15) is 13.2 Å². The summed E-state index contributed by atoms with van der Waals surface area (Å²) in [5.74, 6) is -1.14. The number of hydrogen-bond donors (Lipinski definition) is 1. The predicted octanol–water partition coefficient (Wildman–Crippen LogP) is 3.07. The first-order chi connectivity index (χ1) is 6.32. The van der Waals surface area contributed by atoms with E-state index in [1.807, 2.05) is 0 Å². The maximum atomic E-state index is 12.8. The van der Waals surface area contributed by atoms with Gasteiger partial charge in [-0.3, -0.25) is 0 Å². The van der Waals surface area contributed by atoms with Gasteiger partial charge in [0.1, 0.15) is 5.82 Å². The van der Waals surface area contributed by atoms with Gasteiger partial charge in [0.05, 0.1) is 0 Å². The third-order valence-corrected chi connectivity index (χ3v) is 1.80. The largest absolute Gasteiger partial charge is 0.418 e. The maximum Gasteiger partial charge on any atom is 0.418 e. The summed E-state index contributed by atoms with van der Waals surface area (Å²) in [5, 5.41) is 8.67. The molecule has 0 fully saturated rings. The van der Waals surface area contributed by atoms with Gasteiger partial charge in [0.25, 0.3) is 0 Å². The lowest BCUT2D eigenvalue weighted by molar-refractivity contribution is -0.207. The minimum Gasteiger partial charge on any atom is -0.379 e. The molecule has 0 radical (unpaired) electrons. The first kappa shape index (κ1) is 11.3. The third kappa shape index (κ3) is 2.36. The van der Waals surface area contributed by atoms with E-state index < -0.39 is 23.7 Å². The summed E-state index contributed by atoms with van der Waals surface area (Å²) in [7, 11) is 0. The molecule has 1 aromatic rings. The van der Waals surface area contributed by atoms with Gasteiger partial charge in [0.15, 0.2) is 6.10 Å². The van der Waals surface area contributed by atoms with Gasteiger partial charge < -0.3 is 5.11 Å². The molecule has 14 heavy (non-hydrogen) atoms. The molecule has 0 unspecified atom stereocenters. The molecular weight excluding hydrogens is 224 g/mol. The zero-order valence-electron chi connectivity index (χ0n) is 6.65. The Morgan fingerprint density at radius 2 is 1.86 bits per heavy atom. The summed E-state index contributed by atoms with van der Waals surface area (Å²) in [6.45, 7) is 0. The topological polar surface area (TPSA) is 20.2 Å². The highest BCUT2D eigenvalue weighted by Gasteiger charge is 2.40. The van der Waals surface area contributed by atoms with Crippen molar-refractivity contribution in [1.82, 2.24) is 0 Å². The lowest BCUT2D eigenvalue weighted by atomic mass is 10.1. The minimum atomic E-state index is -4.90. The van der Waals surface area contributed by atoms with Crippen LogP contribution >= 0.6 is 11.6 Å². The van der Waals surface area contributed by atoms with Gasteiger partial charge in [-0.15, -0.1) is 0 Å². The van der Waals surface area contributed by atoms with E-state index in [-0.39, 0.29) is 5.02 Å². The molecule has 0 aliphatic heterocycles. The molecule has 0 heterocycles. The average molecular weight is 229 g/mol. The zero-order valence-corrected chi connectivity index (χ0v) is 7.40. The van der Waals surface area contributed by atoms with Crippen molar-refractivity contribution in [3.05, 3.63) is 34.6 Å². The normalized spacial score (nSPS) is 14.1. The van der Waals surface area contributed by atoms with Crippen LogP contribution in [-0.2, 0) is 0 Å². The number of halogens is 5. The van der Waals surface area contributed by atoms with Crippen LogP contribution in [0.1, 0.15) is 11.7 Å². The van der Waals surface area contributed by atoms with Crippen LogP contribution in [0.15, 0.2) is 18.2 Å². The van der Waals surface area contributed by atoms with Gasteiger partial charge in [0.2, 0.25) is 0 Å². The number of rotatable bonds is 1. The van der Waals surface area contributed by atoms with Crippen molar-refractivity contribution in [2.45, 2.75) is 12.3 Å². The fraction of sp³-hybridized carbons (Fsp3) is 0.250. The van der Waals surface area contributed by atoms with Crippen molar-refractivity contribution < 1.29 is 22.7 Å². The molecule has 0 amide bonds. The SMILES string of the molecule is O[C@@H](c1cc(Cl)ccc1F)C(F)(F)F. The first-order valence-corrected chi connectivity index (χ1v) is 3.90. The van der Waals surface area contributed by atoms with Gasteiger partial charge in [-0.1, -0.05) is 11.6 Å². The van der Waals surface area contributed by atoms with Gasteiger partial charge >= 0.3 is 6.18 Å². The molecule has 0 aliphatic carbocycles. The fourth-order valence-corrected chi connectivity index (χ4v) is 1.08. The summed E-state index contributed by atoms with van der Waals surface area (Å²) in [5.41, 5.74) is -0.870. The molecule has 0 aromatic heterocycles. The van der Waals surface area contributed by atoms with Crippen LogP contribution in [0.2, 0.25) is 5.02 Å². The summed E-state index contributed by atoms with van der Waals surface area (Å²) >= 11 is 5.37. The molecule has 1 N–H and O–H groups in total. The zero-order chi connectivity index (χ0) is 10.9. The van der Waals surface area contributed by atoms with Crippen molar-refractivity contribution in [3.8, 4) is 0 Å². The molecule has 0 saturated carbocycles. The molecule has 1 aromatic carbocycles. The van der Waals surface area contributed by atoms with E-state index in [0.717, 1.165) is 18.2 Å². The maximum absolute atomic E-state index is 12.8. The van der Waals surface area contributed by atoms with E-state index in [2.05, 4.69) is 0 Å². The monoisotopic (exact) mass is 228 g/mol. The van der Waals surface area contributed by atoms with Gasteiger partial charge in [-0.25, -0.2) is 4.39 Å². The Bertz CT molecular complexity index is 337. The molecule has 1 rings (SSSR count). The van der Waals surface area contributed by atoms with Crippen LogP contribution in [0.3, 0.4) is 0 Å². The van der Waals surface area contributed by atoms with Crippen LogP contribution in [-0.4, -0.2) is 11.3 Å². The highest BCUT2D eigenvalue weighted by Crippen LogP contribution is 2.34.